The maximum atomic E-state index is 3.51. The topological polar surface area (TPSA) is 12.0 Å². The minimum atomic E-state index is 0.427. The molecule has 1 aromatic carbocycles. The highest BCUT2D eigenvalue weighted by Gasteiger charge is 2.03. The van der Waals surface area contributed by atoms with E-state index in [4.69, 9.17) is 0 Å². The number of nitrogens with one attached hydrogen (secondary N) is 1. The van der Waals surface area contributed by atoms with Gasteiger partial charge in [-0.2, -0.15) is 11.3 Å². The third-order valence-corrected chi connectivity index (χ3v) is 3.20. The van der Waals surface area contributed by atoms with E-state index < -0.39 is 0 Å². The van der Waals surface area contributed by atoms with E-state index in [1.54, 1.807) is 11.3 Å². The fraction of sp³-hybridized carbons (Fsp3) is 0.231. The first-order valence-corrected chi connectivity index (χ1v) is 6.10. The van der Waals surface area contributed by atoms with E-state index in [1.807, 2.05) is 6.07 Å². The van der Waals surface area contributed by atoms with Gasteiger partial charge in [0.1, 0.15) is 0 Å². The molecule has 2 rings (SSSR count). The van der Waals surface area contributed by atoms with Gasteiger partial charge in [-0.1, -0.05) is 30.3 Å². The summed E-state index contributed by atoms with van der Waals surface area (Å²) in [6.07, 6.45) is 0. The van der Waals surface area contributed by atoms with Gasteiger partial charge in [0.15, 0.2) is 0 Å². The Labute approximate surface area is 94.8 Å². The van der Waals surface area contributed by atoms with E-state index in [2.05, 4.69) is 53.3 Å². The Balaban J connectivity index is 1.89. The van der Waals surface area contributed by atoms with Crippen molar-refractivity contribution in [3.63, 3.8) is 0 Å². The lowest BCUT2D eigenvalue weighted by Gasteiger charge is -2.12. The fourth-order valence-corrected chi connectivity index (χ4v) is 2.26. The smallest absolute Gasteiger partial charge is 0.0303 e. The van der Waals surface area contributed by atoms with Crippen LogP contribution in [0.15, 0.2) is 47.2 Å². The van der Waals surface area contributed by atoms with Crippen molar-refractivity contribution in [3.05, 3.63) is 58.3 Å². The summed E-state index contributed by atoms with van der Waals surface area (Å²) < 4.78 is 0. The minimum absolute atomic E-state index is 0.427. The van der Waals surface area contributed by atoms with E-state index in [-0.39, 0.29) is 0 Å². The van der Waals surface area contributed by atoms with Crippen molar-refractivity contribution >= 4 is 11.3 Å². The quantitative estimate of drug-likeness (QED) is 0.825. The molecule has 1 N–H and O–H groups in total. The normalized spacial score (nSPS) is 12.6. The van der Waals surface area contributed by atoms with Crippen molar-refractivity contribution in [2.24, 2.45) is 0 Å². The van der Waals surface area contributed by atoms with Gasteiger partial charge in [0.05, 0.1) is 0 Å². The molecule has 1 heterocycles. The van der Waals surface area contributed by atoms with Crippen molar-refractivity contribution < 1.29 is 0 Å². The Hall–Kier alpha value is -1.12. The molecular weight excluding hydrogens is 202 g/mol. The number of thiophene rings is 1. The second-order valence-electron chi connectivity index (χ2n) is 3.64. The molecular formula is C13H15NS. The molecule has 0 saturated carbocycles. The highest BCUT2D eigenvalue weighted by atomic mass is 32.1. The Morgan fingerprint density at radius 3 is 2.67 bits per heavy atom. The Kier molecular flexibility index (Phi) is 3.54. The van der Waals surface area contributed by atoms with E-state index in [1.165, 1.54) is 11.1 Å². The third-order valence-electron chi connectivity index (χ3n) is 2.50. The summed E-state index contributed by atoms with van der Waals surface area (Å²) in [6.45, 7) is 3.13. The van der Waals surface area contributed by atoms with E-state index in [9.17, 15) is 0 Å². The molecule has 1 aromatic heterocycles. The minimum Gasteiger partial charge on any atom is -0.306 e. The predicted molar refractivity (Wildman–Crippen MR) is 66.0 cm³/mol. The summed E-state index contributed by atoms with van der Waals surface area (Å²) in [5.41, 5.74) is 2.70. The second-order valence-corrected chi connectivity index (χ2v) is 4.42. The lowest BCUT2D eigenvalue weighted by Crippen LogP contribution is -2.17. The van der Waals surface area contributed by atoms with Crippen LogP contribution in [0.3, 0.4) is 0 Å². The largest absolute Gasteiger partial charge is 0.306 e. The second kappa shape index (κ2) is 5.10. The molecule has 15 heavy (non-hydrogen) atoms. The van der Waals surface area contributed by atoms with Gasteiger partial charge in [-0.3, -0.25) is 0 Å². The Morgan fingerprint density at radius 2 is 2.00 bits per heavy atom. The van der Waals surface area contributed by atoms with E-state index >= 15 is 0 Å². The van der Waals surface area contributed by atoms with E-state index in [0.717, 1.165) is 6.54 Å². The van der Waals surface area contributed by atoms with Crippen LogP contribution in [0.5, 0.6) is 0 Å². The molecule has 0 aliphatic rings. The first-order chi connectivity index (χ1) is 7.36. The van der Waals surface area contributed by atoms with Gasteiger partial charge in [-0.05, 0) is 34.9 Å². The Morgan fingerprint density at radius 1 is 1.20 bits per heavy atom. The van der Waals surface area contributed by atoms with Crippen LogP contribution in [0.25, 0.3) is 0 Å². The zero-order valence-electron chi connectivity index (χ0n) is 8.81. The molecule has 1 atom stereocenters. The molecule has 1 unspecified atom stereocenters. The van der Waals surface area contributed by atoms with Gasteiger partial charge in [-0.25, -0.2) is 0 Å². The Bertz CT molecular complexity index is 380. The highest BCUT2D eigenvalue weighted by Crippen LogP contribution is 2.15. The SMILES string of the molecule is CC(NCc1ccccc1)c1ccsc1. The van der Waals surface area contributed by atoms with Crippen LogP contribution in [-0.2, 0) is 6.54 Å². The molecule has 78 valence electrons. The molecule has 0 spiro atoms. The first-order valence-electron chi connectivity index (χ1n) is 5.15. The van der Waals surface area contributed by atoms with Gasteiger partial charge >= 0.3 is 0 Å². The lowest BCUT2D eigenvalue weighted by molar-refractivity contribution is 0.576. The predicted octanol–water partition coefficient (Wildman–Crippen LogP) is 3.60. The van der Waals surface area contributed by atoms with Crippen LogP contribution >= 0.6 is 11.3 Å². The molecule has 2 aromatic rings. The van der Waals surface area contributed by atoms with Crippen LogP contribution in [0.1, 0.15) is 24.1 Å². The van der Waals surface area contributed by atoms with Crippen molar-refractivity contribution in [3.8, 4) is 0 Å². The van der Waals surface area contributed by atoms with Crippen molar-refractivity contribution in [2.45, 2.75) is 19.5 Å². The zero-order chi connectivity index (χ0) is 10.5. The summed E-state index contributed by atoms with van der Waals surface area (Å²) in [7, 11) is 0. The fourth-order valence-electron chi connectivity index (χ4n) is 1.51. The summed E-state index contributed by atoms with van der Waals surface area (Å²) >= 11 is 1.75. The number of benzene rings is 1. The summed E-state index contributed by atoms with van der Waals surface area (Å²) in [4.78, 5) is 0. The standard InChI is InChI=1S/C13H15NS/c1-11(13-7-8-15-10-13)14-9-12-5-3-2-4-6-12/h2-8,10-11,14H,9H2,1H3. The maximum Gasteiger partial charge on any atom is 0.0303 e. The van der Waals surface area contributed by atoms with Crippen LogP contribution in [0.2, 0.25) is 0 Å². The van der Waals surface area contributed by atoms with E-state index in [0.29, 0.717) is 6.04 Å². The van der Waals surface area contributed by atoms with Crippen LogP contribution in [0, 0.1) is 0 Å². The average molecular weight is 217 g/mol. The van der Waals surface area contributed by atoms with Gasteiger partial charge in [0, 0.05) is 12.6 Å². The zero-order valence-corrected chi connectivity index (χ0v) is 9.63. The van der Waals surface area contributed by atoms with Crippen LogP contribution < -0.4 is 5.32 Å². The number of hydrogen-bond acceptors (Lipinski definition) is 2. The first kappa shape index (κ1) is 10.4. The van der Waals surface area contributed by atoms with Gasteiger partial charge in [-0.15, -0.1) is 0 Å². The van der Waals surface area contributed by atoms with Crippen molar-refractivity contribution in [1.29, 1.82) is 0 Å². The van der Waals surface area contributed by atoms with Gasteiger partial charge in [0.25, 0.3) is 0 Å². The summed E-state index contributed by atoms with van der Waals surface area (Å²) in [5, 5.41) is 7.83. The maximum absolute atomic E-state index is 3.51. The summed E-state index contributed by atoms with van der Waals surface area (Å²) in [5.74, 6) is 0. The summed E-state index contributed by atoms with van der Waals surface area (Å²) in [6, 6.07) is 13.1. The number of rotatable bonds is 4. The monoisotopic (exact) mass is 217 g/mol. The molecule has 0 aliphatic heterocycles. The molecule has 2 heteroatoms. The average Bonchev–Trinajstić information content (AvgIpc) is 2.81. The van der Waals surface area contributed by atoms with Gasteiger partial charge in [0.2, 0.25) is 0 Å². The molecule has 0 saturated heterocycles. The number of hydrogen-bond donors (Lipinski definition) is 1. The van der Waals surface area contributed by atoms with Crippen molar-refractivity contribution in [1.82, 2.24) is 5.32 Å². The molecule has 0 amide bonds. The molecule has 0 fully saturated rings. The molecule has 1 nitrogen and oxygen atoms in total. The highest BCUT2D eigenvalue weighted by molar-refractivity contribution is 7.07. The molecule has 0 radical (unpaired) electrons. The van der Waals surface area contributed by atoms with Crippen molar-refractivity contribution in [2.75, 3.05) is 0 Å². The molecule has 0 bridgehead atoms. The van der Waals surface area contributed by atoms with Crippen LogP contribution in [-0.4, -0.2) is 0 Å². The van der Waals surface area contributed by atoms with Gasteiger partial charge < -0.3 is 5.32 Å². The van der Waals surface area contributed by atoms with Crippen LogP contribution in [0.4, 0.5) is 0 Å². The molecule has 0 aliphatic carbocycles. The third kappa shape index (κ3) is 2.91. The lowest BCUT2D eigenvalue weighted by atomic mass is 10.1.